The molecular formula is C28H38BrN5O5. The number of ether oxygens (including phenoxy) is 1. The molecule has 1 heterocycles. The van der Waals surface area contributed by atoms with E-state index in [0.717, 1.165) is 16.8 Å². The number of amidine groups is 1. The summed E-state index contributed by atoms with van der Waals surface area (Å²) >= 11 is 0. The number of aliphatic carboxylic acids is 1. The zero-order chi connectivity index (χ0) is 28.4. The number of carbonyl (C=O) groups is 3. The Morgan fingerprint density at radius 2 is 1.79 bits per heavy atom. The van der Waals surface area contributed by atoms with Crippen LogP contribution in [0.25, 0.3) is 0 Å². The number of amides is 1. The molecule has 0 unspecified atom stereocenters. The maximum absolute atomic E-state index is 13.5. The zero-order valence-corrected chi connectivity index (χ0v) is 25.2. The van der Waals surface area contributed by atoms with Gasteiger partial charge in [0.15, 0.2) is 12.4 Å². The first kappa shape index (κ1) is 31.8. The first-order valence-electron chi connectivity index (χ1n) is 12.4. The van der Waals surface area contributed by atoms with Crippen LogP contribution in [0.5, 0.6) is 5.75 Å². The normalized spacial score (nSPS) is 12.5. The highest BCUT2D eigenvalue weighted by Gasteiger charge is 2.30. The zero-order valence-electron chi connectivity index (χ0n) is 23.5. The molecule has 0 fully saturated rings. The van der Waals surface area contributed by atoms with Crippen LogP contribution in [-0.4, -0.2) is 74.8 Å². The van der Waals surface area contributed by atoms with Crippen LogP contribution in [0.2, 0.25) is 0 Å². The van der Waals surface area contributed by atoms with Crippen LogP contribution in [0.3, 0.4) is 0 Å². The van der Waals surface area contributed by atoms with E-state index in [4.69, 9.17) is 15.3 Å². The number of benzene rings is 2. The predicted octanol–water partition coefficient (Wildman–Crippen LogP) is 3.19. The molecule has 0 bridgehead atoms. The van der Waals surface area contributed by atoms with E-state index in [1.165, 1.54) is 0 Å². The average molecular weight is 605 g/mol. The second-order valence-electron chi connectivity index (χ2n) is 10.6. The van der Waals surface area contributed by atoms with E-state index >= 15 is 0 Å². The highest BCUT2D eigenvalue weighted by molar-refractivity contribution is 8.93. The topological polar surface area (TPSA) is 135 Å². The summed E-state index contributed by atoms with van der Waals surface area (Å²) in [5, 5.41) is 23.6. The fourth-order valence-corrected chi connectivity index (χ4v) is 4.56. The molecule has 0 aliphatic carbocycles. The molecule has 2 aromatic carbocycles. The van der Waals surface area contributed by atoms with Crippen LogP contribution in [0.1, 0.15) is 63.7 Å². The molecule has 11 heteroatoms. The van der Waals surface area contributed by atoms with Gasteiger partial charge in [0.2, 0.25) is 0 Å². The molecule has 0 saturated carbocycles. The Balaban J connectivity index is 0.00000533. The molecule has 212 valence electrons. The van der Waals surface area contributed by atoms with Gasteiger partial charge in [0, 0.05) is 62.2 Å². The molecule has 10 nitrogen and oxygen atoms in total. The quantitative estimate of drug-likeness (QED) is 0.304. The lowest BCUT2D eigenvalue weighted by Gasteiger charge is -2.26. The van der Waals surface area contributed by atoms with E-state index in [1.807, 2.05) is 45.8 Å². The second-order valence-corrected chi connectivity index (χ2v) is 10.6. The molecule has 0 atom stereocenters. The molecule has 0 saturated heterocycles. The van der Waals surface area contributed by atoms with Gasteiger partial charge in [0.25, 0.3) is 5.91 Å². The summed E-state index contributed by atoms with van der Waals surface area (Å²) in [4.78, 5) is 40.8. The molecule has 2 aromatic rings. The second kappa shape index (κ2) is 12.6. The molecule has 4 N–H and O–H groups in total. The minimum absolute atomic E-state index is 0. The summed E-state index contributed by atoms with van der Waals surface area (Å²) in [5.41, 5.74) is 4.20. The monoisotopic (exact) mass is 603 g/mol. The number of hydrogen-bond acceptors (Lipinski definition) is 7. The lowest BCUT2D eigenvalue weighted by Crippen LogP contribution is -2.30. The summed E-state index contributed by atoms with van der Waals surface area (Å²) in [6.07, 6.45) is 0. The smallest absolute Gasteiger partial charge is 0.341 e. The summed E-state index contributed by atoms with van der Waals surface area (Å²) in [6, 6.07) is 7.11. The number of nitrogens with zero attached hydrogens (tertiary/aromatic N) is 2. The number of Topliss-reactive ketones (excluding diaryl/α,β-unsaturated/α-hetero) is 1. The molecule has 0 aromatic heterocycles. The van der Waals surface area contributed by atoms with E-state index in [9.17, 15) is 14.4 Å². The number of carbonyl (C=O) groups excluding carboxylic acids is 2. The predicted molar refractivity (Wildman–Crippen MR) is 157 cm³/mol. The van der Waals surface area contributed by atoms with Crippen molar-refractivity contribution >= 4 is 46.2 Å². The van der Waals surface area contributed by atoms with E-state index in [1.54, 1.807) is 37.2 Å². The van der Waals surface area contributed by atoms with Gasteiger partial charge in [-0.2, -0.15) is 0 Å². The number of fused-ring (bicyclic) bond motifs is 1. The van der Waals surface area contributed by atoms with Crippen molar-refractivity contribution in [3.05, 3.63) is 57.6 Å². The molecule has 1 aliphatic rings. The number of hydrogen-bond donors (Lipinski definition) is 4. The molecular weight excluding hydrogens is 566 g/mol. The lowest BCUT2D eigenvalue weighted by atomic mass is 9.83. The number of carboxylic acid groups (broad SMARTS) is 1. The van der Waals surface area contributed by atoms with E-state index in [-0.39, 0.29) is 41.1 Å². The lowest BCUT2D eigenvalue weighted by molar-refractivity contribution is -0.139. The highest BCUT2D eigenvalue weighted by atomic mass is 79.9. The van der Waals surface area contributed by atoms with Crippen molar-refractivity contribution in [3.8, 4) is 5.75 Å². The van der Waals surface area contributed by atoms with Crippen LogP contribution in [0.4, 0.5) is 5.69 Å². The highest BCUT2D eigenvalue weighted by Crippen LogP contribution is 2.36. The number of halogens is 1. The maximum atomic E-state index is 13.5. The van der Waals surface area contributed by atoms with Crippen molar-refractivity contribution in [2.24, 2.45) is 0 Å². The first-order chi connectivity index (χ1) is 17.8. The van der Waals surface area contributed by atoms with Gasteiger partial charge in [-0.1, -0.05) is 20.8 Å². The van der Waals surface area contributed by atoms with E-state index in [0.29, 0.717) is 41.1 Å². The van der Waals surface area contributed by atoms with Crippen LogP contribution in [0, 0.1) is 5.41 Å². The van der Waals surface area contributed by atoms with Crippen molar-refractivity contribution in [2.45, 2.75) is 39.3 Å². The Labute approximate surface area is 240 Å². The number of carboxylic acids is 1. The van der Waals surface area contributed by atoms with Crippen LogP contribution in [-0.2, 0) is 23.3 Å². The average Bonchev–Trinajstić information content (AvgIpc) is 3.14. The largest absolute Gasteiger partial charge is 0.481 e. The number of anilines is 1. The minimum atomic E-state index is -1.08. The first-order valence-corrected chi connectivity index (χ1v) is 12.4. The van der Waals surface area contributed by atoms with Crippen molar-refractivity contribution in [3.63, 3.8) is 0 Å². The SMILES string of the molecule is Br.CNCc1cc(C(=O)CN2Cc3cc(N(C)C)c(C(=O)NC)cc3C2=N)cc(C(C)(C)C)c1OCC(=O)O. The Hall–Kier alpha value is -3.44. The van der Waals surface area contributed by atoms with Gasteiger partial charge in [-0.3, -0.25) is 15.0 Å². The minimum Gasteiger partial charge on any atom is -0.481 e. The van der Waals surface area contributed by atoms with Gasteiger partial charge in [-0.25, -0.2) is 4.79 Å². The van der Waals surface area contributed by atoms with Crippen molar-refractivity contribution in [1.82, 2.24) is 15.5 Å². The van der Waals surface area contributed by atoms with Crippen molar-refractivity contribution in [1.29, 1.82) is 5.41 Å². The summed E-state index contributed by atoms with van der Waals surface area (Å²) < 4.78 is 5.67. The van der Waals surface area contributed by atoms with E-state index < -0.39 is 18.0 Å². The van der Waals surface area contributed by atoms with Gasteiger partial charge in [-0.15, -0.1) is 17.0 Å². The fraction of sp³-hybridized carbons (Fsp3) is 0.429. The molecule has 39 heavy (non-hydrogen) atoms. The number of ketones is 1. The third-order valence-corrected chi connectivity index (χ3v) is 6.45. The molecule has 0 radical (unpaired) electrons. The van der Waals surface area contributed by atoms with Crippen LogP contribution in [0.15, 0.2) is 24.3 Å². The molecule has 1 amide bonds. The van der Waals surface area contributed by atoms with Crippen molar-refractivity contribution < 1.29 is 24.2 Å². The molecule has 1 aliphatic heterocycles. The van der Waals surface area contributed by atoms with E-state index in [2.05, 4.69) is 10.6 Å². The molecule has 3 rings (SSSR count). The Morgan fingerprint density at radius 3 is 2.33 bits per heavy atom. The maximum Gasteiger partial charge on any atom is 0.341 e. The Morgan fingerprint density at radius 1 is 1.13 bits per heavy atom. The third kappa shape index (κ3) is 6.96. The summed E-state index contributed by atoms with van der Waals surface area (Å²) in [7, 11) is 7.05. The summed E-state index contributed by atoms with van der Waals surface area (Å²) in [6.45, 7) is 6.21. The Kier molecular flexibility index (Phi) is 10.3. The summed E-state index contributed by atoms with van der Waals surface area (Å²) in [5.74, 6) is -0.836. The number of rotatable bonds is 10. The van der Waals surface area contributed by atoms with Gasteiger partial charge in [0.05, 0.1) is 12.1 Å². The third-order valence-electron chi connectivity index (χ3n) is 6.45. The van der Waals surface area contributed by atoms with Gasteiger partial charge >= 0.3 is 5.97 Å². The fourth-order valence-electron chi connectivity index (χ4n) is 4.56. The Bertz CT molecular complexity index is 1290. The van der Waals surface area contributed by atoms with Crippen molar-refractivity contribution in [2.75, 3.05) is 46.2 Å². The molecule has 0 spiro atoms. The number of nitrogens with one attached hydrogen (secondary N) is 3. The van der Waals surface area contributed by atoms with Gasteiger partial charge in [-0.05, 0) is 42.3 Å². The van der Waals surface area contributed by atoms with Crippen LogP contribution < -0.4 is 20.3 Å². The van der Waals surface area contributed by atoms with Gasteiger partial charge in [0.1, 0.15) is 11.6 Å². The van der Waals surface area contributed by atoms with Crippen LogP contribution >= 0.6 is 17.0 Å². The van der Waals surface area contributed by atoms with Gasteiger partial charge < -0.3 is 30.3 Å². The standard InChI is InChI=1S/C28H37N5O5.BrH/c1-28(2,3)21-9-16(8-17(12-30-4)25(21)38-15-24(35)36)23(34)14-33-13-18-10-22(32(6)7)20(27(37)31-5)11-19(18)26(33)29;/h8-11,29-30H,12-15H2,1-7H3,(H,31,37)(H,35,36);1H.